The number of hydrogen-bond acceptors (Lipinski definition) is 5. The number of unbranched alkanes of at least 4 members (excludes halogenated alkanes) is 1. The third-order valence-electron chi connectivity index (χ3n) is 3.89. The molecule has 0 heterocycles. The minimum Gasteiger partial charge on any atom is -0.493 e. The molecule has 27 heavy (non-hydrogen) atoms. The van der Waals surface area contributed by atoms with Crippen molar-refractivity contribution in [3.05, 3.63) is 29.8 Å². The van der Waals surface area contributed by atoms with E-state index >= 15 is 0 Å². The molecule has 0 saturated heterocycles. The number of benzene rings is 1. The van der Waals surface area contributed by atoms with Gasteiger partial charge in [-0.15, -0.1) is 0 Å². The quantitative estimate of drug-likeness (QED) is 0.411. The van der Waals surface area contributed by atoms with E-state index < -0.39 is 0 Å². The van der Waals surface area contributed by atoms with E-state index in [0.717, 1.165) is 18.4 Å². The van der Waals surface area contributed by atoms with Gasteiger partial charge < -0.3 is 19.1 Å². The van der Waals surface area contributed by atoms with Gasteiger partial charge in [-0.25, -0.2) is 0 Å². The highest BCUT2D eigenvalue weighted by Gasteiger charge is 2.13. The predicted molar refractivity (Wildman–Crippen MR) is 106 cm³/mol. The molecule has 1 aromatic carbocycles. The van der Waals surface area contributed by atoms with Crippen molar-refractivity contribution in [1.82, 2.24) is 4.90 Å². The van der Waals surface area contributed by atoms with Crippen LogP contribution in [-0.2, 0) is 14.3 Å². The lowest BCUT2D eigenvalue weighted by atomic mass is 10.2. The standard InChI is InChI=1S/C21H31NO5/c1-5-8-14-22(15-13-21(24)27-7-3)20(23)12-10-17-9-11-18(26-6-2)19(16-17)25-4/h9-12,16H,5-8,13-15H2,1-4H3/b12-10+. The molecular formula is C21H31NO5. The molecule has 0 saturated carbocycles. The molecule has 0 aliphatic carbocycles. The molecule has 0 unspecified atom stereocenters. The summed E-state index contributed by atoms with van der Waals surface area (Å²) in [6.45, 7) is 7.62. The molecule has 0 aromatic heterocycles. The third kappa shape index (κ3) is 8.15. The summed E-state index contributed by atoms with van der Waals surface area (Å²) in [5, 5.41) is 0. The number of nitrogens with zero attached hydrogens (tertiary/aromatic N) is 1. The Morgan fingerprint density at radius 3 is 2.48 bits per heavy atom. The van der Waals surface area contributed by atoms with Crippen LogP contribution in [-0.4, -0.2) is 50.2 Å². The first-order chi connectivity index (χ1) is 13.0. The van der Waals surface area contributed by atoms with Crippen LogP contribution in [0, 0.1) is 0 Å². The lowest BCUT2D eigenvalue weighted by Crippen LogP contribution is -2.32. The van der Waals surface area contributed by atoms with Crippen molar-refractivity contribution in [2.24, 2.45) is 0 Å². The number of hydrogen-bond donors (Lipinski definition) is 0. The molecule has 0 bridgehead atoms. The fraction of sp³-hybridized carbons (Fsp3) is 0.524. The fourth-order valence-corrected chi connectivity index (χ4v) is 2.48. The van der Waals surface area contributed by atoms with Crippen LogP contribution < -0.4 is 9.47 Å². The Balaban J connectivity index is 2.79. The van der Waals surface area contributed by atoms with E-state index in [1.807, 2.05) is 25.1 Å². The van der Waals surface area contributed by atoms with Crippen molar-refractivity contribution in [3.8, 4) is 11.5 Å². The van der Waals surface area contributed by atoms with E-state index in [1.54, 1.807) is 25.0 Å². The smallest absolute Gasteiger partial charge is 0.307 e. The van der Waals surface area contributed by atoms with Gasteiger partial charge in [-0.1, -0.05) is 19.4 Å². The predicted octanol–water partition coefficient (Wildman–Crippen LogP) is 3.69. The Bertz CT molecular complexity index is 627. The molecule has 0 fully saturated rings. The highest BCUT2D eigenvalue weighted by atomic mass is 16.5. The average molecular weight is 377 g/mol. The maximum atomic E-state index is 12.5. The largest absolute Gasteiger partial charge is 0.493 e. The van der Waals surface area contributed by atoms with Gasteiger partial charge in [0.2, 0.25) is 5.91 Å². The van der Waals surface area contributed by atoms with Gasteiger partial charge in [0.15, 0.2) is 11.5 Å². The first-order valence-corrected chi connectivity index (χ1v) is 9.49. The van der Waals surface area contributed by atoms with Crippen LogP contribution in [0.3, 0.4) is 0 Å². The van der Waals surface area contributed by atoms with Gasteiger partial charge in [-0.2, -0.15) is 0 Å². The van der Waals surface area contributed by atoms with E-state index in [4.69, 9.17) is 14.2 Å². The maximum Gasteiger partial charge on any atom is 0.307 e. The Morgan fingerprint density at radius 2 is 1.85 bits per heavy atom. The Labute approximate surface area is 162 Å². The second kappa shape index (κ2) is 12.8. The number of ether oxygens (including phenoxy) is 3. The summed E-state index contributed by atoms with van der Waals surface area (Å²) < 4.78 is 15.8. The van der Waals surface area contributed by atoms with Crippen molar-refractivity contribution in [3.63, 3.8) is 0 Å². The van der Waals surface area contributed by atoms with Gasteiger partial charge >= 0.3 is 5.97 Å². The van der Waals surface area contributed by atoms with Gasteiger partial charge in [0.1, 0.15) is 0 Å². The van der Waals surface area contributed by atoms with Gasteiger partial charge in [0.25, 0.3) is 0 Å². The van der Waals surface area contributed by atoms with E-state index in [2.05, 4.69) is 6.92 Å². The monoisotopic (exact) mass is 377 g/mol. The maximum absolute atomic E-state index is 12.5. The van der Waals surface area contributed by atoms with Gasteiger partial charge in [-0.3, -0.25) is 9.59 Å². The molecule has 1 rings (SSSR count). The van der Waals surface area contributed by atoms with Crippen molar-refractivity contribution >= 4 is 18.0 Å². The molecule has 1 aromatic rings. The molecule has 0 aliphatic heterocycles. The Morgan fingerprint density at radius 1 is 1.07 bits per heavy atom. The van der Waals surface area contributed by atoms with Crippen molar-refractivity contribution in [2.75, 3.05) is 33.4 Å². The number of amides is 1. The van der Waals surface area contributed by atoms with Gasteiger partial charge in [-0.05, 0) is 44.0 Å². The van der Waals surface area contributed by atoms with Crippen molar-refractivity contribution in [2.45, 2.75) is 40.0 Å². The Kier molecular flexibility index (Phi) is 10.7. The van der Waals surface area contributed by atoms with Crippen LogP contribution in [0.25, 0.3) is 6.08 Å². The summed E-state index contributed by atoms with van der Waals surface area (Å²) in [6.07, 6.45) is 5.33. The summed E-state index contributed by atoms with van der Waals surface area (Å²) in [5.41, 5.74) is 0.837. The number of rotatable bonds is 12. The van der Waals surface area contributed by atoms with Crippen molar-refractivity contribution < 1.29 is 23.8 Å². The molecule has 0 radical (unpaired) electrons. The van der Waals surface area contributed by atoms with E-state index in [-0.39, 0.29) is 18.3 Å². The lowest BCUT2D eigenvalue weighted by Gasteiger charge is -2.20. The molecule has 6 heteroatoms. The topological polar surface area (TPSA) is 65.1 Å². The molecule has 1 amide bonds. The molecule has 0 N–H and O–H groups in total. The van der Waals surface area contributed by atoms with Crippen LogP contribution in [0.4, 0.5) is 0 Å². The Hall–Kier alpha value is -2.50. The molecule has 6 nitrogen and oxygen atoms in total. The normalized spacial score (nSPS) is 10.7. The van der Waals surface area contributed by atoms with Crippen LogP contribution in [0.1, 0.15) is 45.6 Å². The zero-order valence-corrected chi connectivity index (χ0v) is 16.8. The SMILES string of the molecule is CCCCN(CCC(=O)OCC)C(=O)/C=C/c1ccc(OCC)c(OC)c1. The summed E-state index contributed by atoms with van der Waals surface area (Å²) in [6, 6.07) is 5.51. The van der Waals surface area contributed by atoms with Gasteiger partial charge in [0.05, 0.1) is 26.7 Å². The van der Waals surface area contributed by atoms with Crippen LogP contribution >= 0.6 is 0 Å². The second-order valence-corrected chi connectivity index (χ2v) is 5.91. The molecule has 150 valence electrons. The molecular weight excluding hydrogens is 346 g/mol. The summed E-state index contributed by atoms with van der Waals surface area (Å²) in [5.74, 6) is 0.881. The second-order valence-electron chi connectivity index (χ2n) is 5.91. The average Bonchev–Trinajstić information content (AvgIpc) is 2.67. The summed E-state index contributed by atoms with van der Waals surface area (Å²) in [4.78, 5) is 25.8. The number of esters is 1. The highest BCUT2D eigenvalue weighted by Crippen LogP contribution is 2.28. The van der Waals surface area contributed by atoms with E-state index in [1.165, 1.54) is 6.08 Å². The third-order valence-corrected chi connectivity index (χ3v) is 3.89. The number of carbonyl (C=O) groups excluding carboxylic acids is 2. The minimum atomic E-state index is -0.285. The zero-order chi connectivity index (χ0) is 20.1. The lowest BCUT2D eigenvalue weighted by molar-refractivity contribution is -0.143. The number of methoxy groups -OCH3 is 1. The van der Waals surface area contributed by atoms with Crippen molar-refractivity contribution in [1.29, 1.82) is 0 Å². The first kappa shape index (κ1) is 22.5. The van der Waals surface area contributed by atoms with E-state index in [9.17, 15) is 9.59 Å². The van der Waals surface area contributed by atoms with E-state index in [0.29, 0.717) is 37.8 Å². The van der Waals surface area contributed by atoms with Crippen LogP contribution in [0.2, 0.25) is 0 Å². The minimum absolute atomic E-state index is 0.124. The van der Waals surface area contributed by atoms with Crippen LogP contribution in [0.5, 0.6) is 11.5 Å². The number of carbonyl (C=O) groups is 2. The first-order valence-electron chi connectivity index (χ1n) is 9.49. The summed E-state index contributed by atoms with van der Waals surface area (Å²) >= 11 is 0. The fourth-order valence-electron chi connectivity index (χ4n) is 2.48. The van der Waals surface area contributed by atoms with Gasteiger partial charge in [0, 0.05) is 19.2 Å². The highest BCUT2D eigenvalue weighted by molar-refractivity contribution is 5.92. The molecule has 0 aliphatic rings. The summed E-state index contributed by atoms with van der Waals surface area (Å²) in [7, 11) is 1.58. The molecule has 0 spiro atoms. The van der Waals surface area contributed by atoms with Crippen LogP contribution in [0.15, 0.2) is 24.3 Å². The zero-order valence-electron chi connectivity index (χ0n) is 16.8. The molecule has 0 atom stereocenters.